The lowest BCUT2D eigenvalue weighted by Gasteiger charge is -2.44. The van der Waals surface area contributed by atoms with Crippen molar-refractivity contribution >= 4 is 11.6 Å². The number of piperidine rings is 1. The molecular formula is C15H21N3O. The van der Waals surface area contributed by atoms with E-state index in [1.807, 2.05) is 0 Å². The summed E-state index contributed by atoms with van der Waals surface area (Å²) in [4.78, 5) is 18.8. The molecule has 1 aliphatic heterocycles. The van der Waals surface area contributed by atoms with E-state index < -0.39 is 0 Å². The third-order valence-electron chi connectivity index (χ3n) is 4.59. The van der Waals surface area contributed by atoms with Gasteiger partial charge in [0.25, 0.3) is 5.91 Å². The first kappa shape index (κ1) is 12.5. The third-order valence-corrected chi connectivity index (χ3v) is 4.59. The van der Waals surface area contributed by atoms with Gasteiger partial charge in [0.2, 0.25) is 0 Å². The number of nitrogens with two attached hydrogens (primary N) is 1. The van der Waals surface area contributed by atoms with E-state index >= 15 is 0 Å². The van der Waals surface area contributed by atoms with Gasteiger partial charge >= 0.3 is 0 Å². The summed E-state index contributed by atoms with van der Waals surface area (Å²) in [7, 11) is 0. The van der Waals surface area contributed by atoms with E-state index in [0.717, 1.165) is 19.4 Å². The van der Waals surface area contributed by atoms with Crippen LogP contribution in [0.2, 0.25) is 0 Å². The maximum atomic E-state index is 12.7. The molecule has 2 aliphatic rings. The van der Waals surface area contributed by atoms with Crippen LogP contribution in [0.1, 0.15) is 48.9 Å². The summed E-state index contributed by atoms with van der Waals surface area (Å²) in [5, 5.41) is 0. The van der Waals surface area contributed by atoms with E-state index in [-0.39, 0.29) is 5.91 Å². The van der Waals surface area contributed by atoms with E-state index in [1.165, 1.54) is 25.7 Å². The first-order valence-corrected chi connectivity index (χ1v) is 7.28. The molecule has 1 aromatic heterocycles. The van der Waals surface area contributed by atoms with Crippen molar-refractivity contribution in [2.75, 3.05) is 12.3 Å². The SMILES string of the molecule is Nc1ccncc1C(=O)N1CCCC2CCCCC21. The third kappa shape index (κ3) is 2.31. The molecule has 0 bridgehead atoms. The molecular weight excluding hydrogens is 238 g/mol. The Morgan fingerprint density at radius 1 is 1.26 bits per heavy atom. The van der Waals surface area contributed by atoms with Gasteiger partial charge in [-0.25, -0.2) is 0 Å². The number of anilines is 1. The number of likely N-dealkylation sites (tertiary alicyclic amines) is 1. The first-order chi connectivity index (χ1) is 9.27. The average Bonchev–Trinajstić information content (AvgIpc) is 2.46. The highest BCUT2D eigenvalue weighted by Crippen LogP contribution is 2.36. The predicted molar refractivity (Wildman–Crippen MR) is 74.7 cm³/mol. The van der Waals surface area contributed by atoms with Crippen LogP contribution in [0.3, 0.4) is 0 Å². The van der Waals surface area contributed by atoms with Crippen molar-refractivity contribution in [2.24, 2.45) is 5.92 Å². The highest BCUT2D eigenvalue weighted by atomic mass is 16.2. The second kappa shape index (κ2) is 5.19. The van der Waals surface area contributed by atoms with Gasteiger partial charge in [-0.3, -0.25) is 9.78 Å². The summed E-state index contributed by atoms with van der Waals surface area (Å²) in [6, 6.07) is 2.13. The minimum atomic E-state index is 0.0715. The molecule has 0 radical (unpaired) electrons. The van der Waals surface area contributed by atoms with E-state index in [1.54, 1.807) is 18.5 Å². The molecule has 4 heteroatoms. The van der Waals surface area contributed by atoms with Gasteiger partial charge in [-0.05, 0) is 37.7 Å². The summed E-state index contributed by atoms with van der Waals surface area (Å²) in [6.45, 7) is 0.869. The molecule has 19 heavy (non-hydrogen) atoms. The zero-order valence-corrected chi connectivity index (χ0v) is 11.2. The van der Waals surface area contributed by atoms with Crippen LogP contribution < -0.4 is 5.73 Å². The number of pyridine rings is 1. The van der Waals surface area contributed by atoms with E-state index in [0.29, 0.717) is 23.2 Å². The molecule has 1 aromatic rings. The number of nitrogens with zero attached hydrogens (tertiary/aromatic N) is 2. The van der Waals surface area contributed by atoms with Crippen LogP contribution in [-0.4, -0.2) is 28.4 Å². The van der Waals surface area contributed by atoms with Crippen molar-refractivity contribution in [1.29, 1.82) is 0 Å². The van der Waals surface area contributed by atoms with Crippen LogP contribution in [0.15, 0.2) is 18.5 Å². The number of nitrogen functional groups attached to an aromatic ring is 1. The molecule has 0 spiro atoms. The maximum Gasteiger partial charge on any atom is 0.257 e. The Bertz CT molecular complexity index is 472. The fourth-order valence-corrected chi connectivity index (χ4v) is 3.62. The summed E-state index contributed by atoms with van der Waals surface area (Å²) in [5.74, 6) is 0.770. The standard InChI is InChI=1S/C15H21N3O/c16-13-7-8-17-10-12(13)15(19)18-9-3-5-11-4-1-2-6-14(11)18/h7-8,10-11,14H,1-6,9H2,(H2,16,17). The zero-order valence-electron chi connectivity index (χ0n) is 11.2. The molecule has 2 fully saturated rings. The summed E-state index contributed by atoms with van der Waals surface area (Å²) < 4.78 is 0. The molecule has 3 rings (SSSR count). The Balaban J connectivity index is 1.84. The number of hydrogen-bond acceptors (Lipinski definition) is 3. The van der Waals surface area contributed by atoms with Crippen molar-refractivity contribution in [1.82, 2.24) is 9.88 Å². The minimum Gasteiger partial charge on any atom is -0.398 e. The van der Waals surface area contributed by atoms with Crippen molar-refractivity contribution in [3.8, 4) is 0 Å². The van der Waals surface area contributed by atoms with Crippen molar-refractivity contribution in [3.05, 3.63) is 24.0 Å². The molecule has 2 N–H and O–H groups in total. The molecule has 2 atom stereocenters. The number of hydrogen-bond donors (Lipinski definition) is 1. The highest BCUT2D eigenvalue weighted by molar-refractivity contribution is 5.99. The number of rotatable bonds is 1. The van der Waals surface area contributed by atoms with E-state index in [9.17, 15) is 4.79 Å². The van der Waals surface area contributed by atoms with Crippen LogP contribution in [0, 0.1) is 5.92 Å². The molecule has 2 heterocycles. The lowest BCUT2D eigenvalue weighted by molar-refractivity contribution is 0.0391. The molecule has 1 saturated carbocycles. The zero-order chi connectivity index (χ0) is 13.2. The number of amides is 1. The van der Waals surface area contributed by atoms with Crippen LogP contribution in [0.25, 0.3) is 0 Å². The lowest BCUT2D eigenvalue weighted by Crippen LogP contribution is -2.49. The van der Waals surface area contributed by atoms with Gasteiger partial charge in [0.05, 0.1) is 5.56 Å². The Kier molecular flexibility index (Phi) is 3.40. The lowest BCUT2D eigenvalue weighted by atomic mass is 9.78. The fraction of sp³-hybridized carbons (Fsp3) is 0.600. The Labute approximate surface area is 114 Å². The quantitative estimate of drug-likeness (QED) is 0.842. The summed E-state index contributed by atoms with van der Waals surface area (Å²) >= 11 is 0. The van der Waals surface area contributed by atoms with E-state index in [4.69, 9.17) is 5.73 Å². The number of aromatic nitrogens is 1. The summed E-state index contributed by atoms with van der Waals surface area (Å²) in [5.41, 5.74) is 7.01. The normalized spacial score (nSPS) is 26.8. The molecule has 1 saturated heterocycles. The van der Waals surface area contributed by atoms with Crippen LogP contribution in [-0.2, 0) is 0 Å². The van der Waals surface area contributed by atoms with Gasteiger partial charge in [0.15, 0.2) is 0 Å². The van der Waals surface area contributed by atoms with Crippen molar-refractivity contribution in [3.63, 3.8) is 0 Å². The largest absolute Gasteiger partial charge is 0.398 e. The Morgan fingerprint density at radius 3 is 2.89 bits per heavy atom. The van der Waals surface area contributed by atoms with Gasteiger partial charge in [-0.2, -0.15) is 0 Å². The molecule has 102 valence electrons. The summed E-state index contributed by atoms with van der Waals surface area (Å²) in [6.07, 6.45) is 10.6. The smallest absolute Gasteiger partial charge is 0.257 e. The van der Waals surface area contributed by atoms with Gasteiger partial charge in [0.1, 0.15) is 0 Å². The van der Waals surface area contributed by atoms with Crippen LogP contribution in [0.5, 0.6) is 0 Å². The van der Waals surface area contributed by atoms with Gasteiger partial charge in [-0.1, -0.05) is 12.8 Å². The molecule has 1 aliphatic carbocycles. The second-order valence-electron chi connectivity index (χ2n) is 5.72. The maximum absolute atomic E-state index is 12.7. The van der Waals surface area contributed by atoms with Crippen LogP contribution >= 0.6 is 0 Å². The van der Waals surface area contributed by atoms with Gasteiger partial charge in [-0.15, -0.1) is 0 Å². The number of carbonyl (C=O) groups excluding carboxylic acids is 1. The first-order valence-electron chi connectivity index (χ1n) is 7.28. The topological polar surface area (TPSA) is 59.2 Å². The van der Waals surface area contributed by atoms with Crippen LogP contribution in [0.4, 0.5) is 5.69 Å². The fourth-order valence-electron chi connectivity index (χ4n) is 3.62. The predicted octanol–water partition coefficient (Wildman–Crippen LogP) is 2.46. The van der Waals surface area contributed by atoms with Crippen molar-refractivity contribution in [2.45, 2.75) is 44.6 Å². The number of carbonyl (C=O) groups is 1. The van der Waals surface area contributed by atoms with E-state index in [2.05, 4.69) is 9.88 Å². The second-order valence-corrected chi connectivity index (χ2v) is 5.72. The van der Waals surface area contributed by atoms with Crippen molar-refractivity contribution < 1.29 is 4.79 Å². The Hall–Kier alpha value is -1.58. The molecule has 0 aromatic carbocycles. The average molecular weight is 259 g/mol. The monoisotopic (exact) mass is 259 g/mol. The Morgan fingerprint density at radius 2 is 2.05 bits per heavy atom. The van der Waals surface area contributed by atoms with Gasteiger partial charge < -0.3 is 10.6 Å². The minimum absolute atomic E-state index is 0.0715. The molecule has 1 amide bonds. The van der Waals surface area contributed by atoms with Gasteiger partial charge in [0, 0.05) is 30.7 Å². The molecule has 2 unspecified atom stereocenters. The molecule has 4 nitrogen and oxygen atoms in total. The number of fused-ring (bicyclic) bond motifs is 1. The highest BCUT2D eigenvalue weighted by Gasteiger charge is 2.36.